The highest BCUT2D eigenvalue weighted by atomic mass is 19.1. The standard InChI is InChI=1S/C16H18FNO2/c1-3-19-13-7-5-8-14(10-13)20-16-12(11-18-2)6-4-9-15(16)17/h4-10,18H,3,11H2,1-2H3. The molecular formula is C16H18FNO2. The number of para-hydroxylation sites is 1. The van der Waals surface area contributed by atoms with Crippen molar-refractivity contribution in [3.05, 3.63) is 53.8 Å². The van der Waals surface area contributed by atoms with Crippen LogP contribution in [0.25, 0.3) is 0 Å². The molecule has 3 nitrogen and oxygen atoms in total. The number of rotatable bonds is 6. The van der Waals surface area contributed by atoms with Gasteiger partial charge in [0, 0.05) is 18.2 Å². The van der Waals surface area contributed by atoms with Crippen molar-refractivity contribution in [2.75, 3.05) is 13.7 Å². The second kappa shape index (κ2) is 6.91. The maximum absolute atomic E-state index is 13.9. The molecule has 0 spiro atoms. The Kier molecular flexibility index (Phi) is 4.96. The molecular weight excluding hydrogens is 257 g/mol. The van der Waals surface area contributed by atoms with E-state index in [0.29, 0.717) is 24.7 Å². The van der Waals surface area contributed by atoms with Crippen LogP contribution in [0.5, 0.6) is 17.2 Å². The summed E-state index contributed by atoms with van der Waals surface area (Å²) in [7, 11) is 1.81. The molecule has 0 atom stereocenters. The lowest BCUT2D eigenvalue weighted by Gasteiger charge is -2.12. The third-order valence-corrected chi connectivity index (χ3v) is 2.75. The van der Waals surface area contributed by atoms with Gasteiger partial charge in [0.1, 0.15) is 11.5 Å². The Hall–Kier alpha value is -2.07. The van der Waals surface area contributed by atoms with E-state index in [4.69, 9.17) is 9.47 Å². The fraction of sp³-hybridized carbons (Fsp3) is 0.250. The molecule has 0 saturated carbocycles. The summed E-state index contributed by atoms with van der Waals surface area (Å²) in [5, 5.41) is 3.00. The lowest BCUT2D eigenvalue weighted by Crippen LogP contribution is -2.07. The Morgan fingerprint density at radius 3 is 2.60 bits per heavy atom. The Labute approximate surface area is 118 Å². The van der Waals surface area contributed by atoms with Gasteiger partial charge in [0.15, 0.2) is 11.6 Å². The zero-order valence-corrected chi connectivity index (χ0v) is 11.7. The van der Waals surface area contributed by atoms with Crippen LogP contribution < -0.4 is 14.8 Å². The molecule has 1 N–H and O–H groups in total. The number of hydrogen-bond donors (Lipinski definition) is 1. The van der Waals surface area contributed by atoms with Gasteiger partial charge in [0.05, 0.1) is 6.61 Å². The van der Waals surface area contributed by atoms with Crippen LogP contribution in [0.4, 0.5) is 4.39 Å². The summed E-state index contributed by atoms with van der Waals surface area (Å²) >= 11 is 0. The predicted octanol–water partition coefficient (Wildman–Crippen LogP) is 3.74. The Morgan fingerprint density at radius 1 is 1.10 bits per heavy atom. The first-order chi connectivity index (χ1) is 9.74. The van der Waals surface area contributed by atoms with E-state index in [1.807, 2.05) is 32.2 Å². The second-order valence-electron chi connectivity index (χ2n) is 4.27. The van der Waals surface area contributed by atoms with Gasteiger partial charge >= 0.3 is 0 Å². The third-order valence-electron chi connectivity index (χ3n) is 2.75. The largest absolute Gasteiger partial charge is 0.494 e. The first kappa shape index (κ1) is 14.3. The molecule has 2 aromatic rings. The Balaban J connectivity index is 2.27. The van der Waals surface area contributed by atoms with Gasteiger partial charge in [-0.25, -0.2) is 4.39 Å². The molecule has 2 rings (SSSR count). The van der Waals surface area contributed by atoms with Gasteiger partial charge in [-0.1, -0.05) is 18.2 Å². The van der Waals surface area contributed by atoms with Gasteiger partial charge < -0.3 is 14.8 Å². The van der Waals surface area contributed by atoms with Crippen LogP contribution in [0.1, 0.15) is 12.5 Å². The molecule has 0 aliphatic heterocycles. The van der Waals surface area contributed by atoms with Crippen LogP contribution in [-0.4, -0.2) is 13.7 Å². The number of hydrogen-bond acceptors (Lipinski definition) is 3. The Bertz CT molecular complexity index is 572. The molecule has 2 aromatic carbocycles. The van der Waals surface area contributed by atoms with Gasteiger partial charge in [-0.05, 0) is 32.2 Å². The summed E-state index contributed by atoms with van der Waals surface area (Å²) in [6.45, 7) is 3.03. The van der Waals surface area contributed by atoms with Crippen LogP contribution in [0.15, 0.2) is 42.5 Å². The highest BCUT2D eigenvalue weighted by Gasteiger charge is 2.10. The second-order valence-corrected chi connectivity index (χ2v) is 4.27. The smallest absolute Gasteiger partial charge is 0.167 e. The first-order valence-electron chi connectivity index (χ1n) is 6.57. The SMILES string of the molecule is CCOc1cccc(Oc2c(F)cccc2CNC)c1. The zero-order chi connectivity index (χ0) is 14.4. The number of benzene rings is 2. The van der Waals surface area contributed by atoms with Crippen molar-refractivity contribution in [3.8, 4) is 17.2 Å². The number of nitrogens with one attached hydrogen (secondary N) is 1. The van der Waals surface area contributed by atoms with Crippen LogP contribution in [0.3, 0.4) is 0 Å². The highest BCUT2D eigenvalue weighted by Crippen LogP contribution is 2.30. The lowest BCUT2D eigenvalue weighted by atomic mass is 10.2. The maximum atomic E-state index is 13.9. The van der Waals surface area contributed by atoms with Gasteiger partial charge in [-0.2, -0.15) is 0 Å². The van der Waals surface area contributed by atoms with Crippen molar-refractivity contribution in [1.82, 2.24) is 5.32 Å². The first-order valence-corrected chi connectivity index (χ1v) is 6.57. The molecule has 4 heteroatoms. The quantitative estimate of drug-likeness (QED) is 0.871. The minimum atomic E-state index is -0.375. The molecule has 0 amide bonds. The van der Waals surface area contributed by atoms with Crippen LogP contribution in [-0.2, 0) is 6.54 Å². The maximum Gasteiger partial charge on any atom is 0.167 e. The highest BCUT2D eigenvalue weighted by molar-refractivity contribution is 5.41. The molecule has 106 valence electrons. The van der Waals surface area contributed by atoms with Gasteiger partial charge in [-0.3, -0.25) is 0 Å². The normalized spacial score (nSPS) is 10.3. The van der Waals surface area contributed by atoms with Crippen molar-refractivity contribution in [2.24, 2.45) is 0 Å². The molecule has 0 heterocycles. The fourth-order valence-corrected chi connectivity index (χ4v) is 1.91. The molecule has 0 aliphatic rings. The summed E-state index contributed by atoms with van der Waals surface area (Å²) in [4.78, 5) is 0. The summed E-state index contributed by atoms with van der Waals surface area (Å²) in [5.41, 5.74) is 0.773. The minimum absolute atomic E-state index is 0.246. The van der Waals surface area contributed by atoms with Gasteiger partial charge in [0.2, 0.25) is 0 Å². The van der Waals surface area contributed by atoms with E-state index >= 15 is 0 Å². The van der Waals surface area contributed by atoms with Crippen molar-refractivity contribution in [3.63, 3.8) is 0 Å². The van der Waals surface area contributed by atoms with E-state index in [1.165, 1.54) is 6.07 Å². The van der Waals surface area contributed by atoms with E-state index in [2.05, 4.69) is 5.32 Å². The third kappa shape index (κ3) is 3.48. The van der Waals surface area contributed by atoms with E-state index in [1.54, 1.807) is 18.2 Å². The predicted molar refractivity (Wildman–Crippen MR) is 76.8 cm³/mol. The van der Waals surface area contributed by atoms with Gasteiger partial charge in [0.25, 0.3) is 0 Å². The molecule has 0 aromatic heterocycles. The topological polar surface area (TPSA) is 30.5 Å². The van der Waals surface area contributed by atoms with Crippen LogP contribution in [0, 0.1) is 5.82 Å². The summed E-state index contributed by atoms with van der Waals surface area (Å²) in [5.74, 6) is 1.13. The number of halogens is 1. The fourth-order valence-electron chi connectivity index (χ4n) is 1.91. The average molecular weight is 275 g/mol. The van der Waals surface area contributed by atoms with Crippen molar-refractivity contribution in [1.29, 1.82) is 0 Å². The van der Waals surface area contributed by atoms with E-state index in [-0.39, 0.29) is 11.6 Å². The summed E-state index contributed by atoms with van der Waals surface area (Å²) < 4.78 is 25.0. The molecule has 0 bridgehead atoms. The van der Waals surface area contributed by atoms with Crippen molar-refractivity contribution in [2.45, 2.75) is 13.5 Å². The molecule has 0 radical (unpaired) electrons. The van der Waals surface area contributed by atoms with E-state index < -0.39 is 0 Å². The molecule has 0 fully saturated rings. The summed E-state index contributed by atoms with van der Waals surface area (Å²) in [6.07, 6.45) is 0. The summed E-state index contributed by atoms with van der Waals surface area (Å²) in [6, 6.07) is 12.1. The van der Waals surface area contributed by atoms with E-state index in [0.717, 1.165) is 5.56 Å². The van der Waals surface area contributed by atoms with E-state index in [9.17, 15) is 4.39 Å². The zero-order valence-electron chi connectivity index (χ0n) is 11.7. The minimum Gasteiger partial charge on any atom is -0.494 e. The molecule has 20 heavy (non-hydrogen) atoms. The molecule has 0 saturated heterocycles. The van der Waals surface area contributed by atoms with Crippen molar-refractivity contribution >= 4 is 0 Å². The monoisotopic (exact) mass is 275 g/mol. The lowest BCUT2D eigenvalue weighted by molar-refractivity contribution is 0.337. The van der Waals surface area contributed by atoms with Crippen molar-refractivity contribution < 1.29 is 13.9 Å². The Morgan fingerprint density at radius 2 is 1.85 bits per heavy atom. The molecule has 0 aliphatic carbocycles. The van der Waals surface area contributed by atoms with Crippen LogP contribution >= 0.6 is 0 Å². The average Bonchev–Trinajstić information content (AvgIpc) is 2.44. The molecule has 0 unspecified atom stereocenters. The number of ether oxygens (including phenoxy) is 2. The van der Waals surface area contributed by atoms with Crippen LogP contribution in [0.2, 0.25) is 0 Å². The van der Waals surface area contributed by atoms with Gasteiger partial charge in [-0.15, -0.1) is 0 Å².